The number of hydrogen-bond acceptors (Lipinski definition) is 4. The predicted octanol–water partition coefficient (Wildman–Crippen LogP) is 2.40. The first-order valence-corrected chi connectivity index (χ1v) is 7.08. The van der Waals surface area contributed by atoms with Gasteiger partial charge in [0.2, 0.25) is 0 Å². The van der Waals surface area contributed by atoms with Crippen molar-refractivity contribution in [3.8, 4) is 11.5 Å². The SMILES string of the molecule is [2H]C1([2H])C[C@@]2(c3ccc(OC)c(OC)c3)CCN(C)[C@H]2C([2H])([2H])C1=O. The monoisotopic (exact) mass is 293 g/mol. The normalized spacial score (nSPS) is 36.9. The Balaban J connectivity index is 2.19. The number of likely N-dealkylation sites (tertiary alicyclic amines) is 1. The van der Waals surface area contributed by atoms with Gasteiger partial charge in [-0.25, -0.2) is 0 Å². The largest absolute Gasteiger partial charge is 0.493 e. The summed E-state index contributed by atoms with van der Waals surface area (Å²) in [6.45, 7) is 0.599. The number of benzene rings is 1. The number of nitrogens with zero attached hydrogens (tertiary/aromatic N) is 1. The predicted molar refractivity (Wildman–Crippen MR) is 81.1 cm³/mol. The van der Waals surface area contributed by atoms with Crippen molar-refractivity contribution in [1.82, 2.24) is 4.90 Å². The molecule has 1 aliphatic carbocycles. The van der Waals surface area contributed by atoms with Crippen molar-refractivity contribution in [1.29, 1.82) is 0 Å². The molecule has 4 heteroatoms. The molecular formula is C17H23NO3. The summed E-state index contributed by atoms with van der Waals surface area (Å²) in [6, 6.07) is 4.65. The molecule has 0 spiro atoms. The van der Waals surface area contributed by atoms with E-state index in [1.165, 1.54) is 7.11 Å². The zero-order chi connectivity index (χ0) is 18.6. The van der Waals surface area contributed by atoms with Gasteiger partial charge in [0.05, 0.1) is 14.2 Å². The number of rotatable bonds is 3. The van der Waals surface area contributed by atoms with Crippen molar-refractivity contribution in [2.45, 2.75) is 37.0 Å². The summed E-state index contributed by atoms with van der Waals surface area (Å²) in [7, 11) is 4.86. The van der Waals surface area contributed by atoms with Gasteiger partial charge < -0.3 is 14.4 Å². The summed E-state index contributed by atoms with van der Waals surface area (Å²) in [6.07, 6.45) is -3.93. The van der Waals surface area contributed by atoms with Crippen LogP contribution in [0.4, 0.5) is 0 Å². The van der Waals surface area contributed by atoms with E-state index in [1.54, 1.807) is 26.3 Å². The van der Waals surface area contributed by atoms with Crippen molar-refractivity contribution in [3.05, 3.63) is 23.8 Å². The standard InChI is InChI=1S/C17H23NO3/c1-18-9-8-17(7-6-13(19)11-16(17)18)12-4-5-14(20-2)15(10-12)21-3/h4-5,10,16H,6-9,11H2,1-3H3/t16-,17-/m0/s1/i6D2,11D2. The van der Waals surface area contributed by atoms with Gasteiger partial charge in [0.25, 0.3) is 0 Å². The molecule has 2 aliphatic rings. The topological polar surface area (TPSA) is 38.8 Å². The third kappa shape index (κ3) is 2.22. The summed E-state index contributed by atoms with van der Waals surface area (Å²) in [4.78, 5) is 14.3. The van der Waals surface area contributed by atoms with Crippen LogP contribution in [0.5, 0.6) is 11.5 Å². The Kier molecular flexibility index (Phi) is 2.60. The fourth-order valence-corrected chi connectivity index (χ4v) is 3.46. The van der Waals surface area contributed by atoms with Crippen LogP contribution < -0.4 is 9.47 Å². The van der Waals surface area contributed by atoms with E-state index in [0.29, 0.717) is 24.5 Å². The molecule has 4 nitrogen and oxygen atoms in total. The average Bonchev–Trinajstić information content (AvgIpc) is 2.90. The van der Waals surface area contributed by atoms with Gasteiger partial charge in [-0.1, -0.05) is 6.07 Å². The molecule has 1 aliphatic heterocycles. The third-order valence-electron chi connectivity index (χ3n) is 4.67. The number of hydrogen-bond donors (Lipinski definition) is 0. The highest BCUT2D eigenvalue weighted by molar-refractivity contribution is 5.81. The van der Waals surface area contributed by atoms with Gasteiger partial charge in [-0.3, -0.25) is 4.79 Å². The zero-order valence-electron chi connectivity index (χ0n) is 16.6. The van der Waals surface area contributed by atoms with Crippen LogP contribution in [0.3, 0.4) is 0 Å². The lowest BCUT2D eigenvalue weighted by Gasteiger charge is -2.41. The van der Waals surface area contributed by atoms with Crippen LogP contribution in [0, 0.1) is 0 Å². The van der Waals surface area contributed by atoms with Crippen LogP contribution in [0.1, 0.15) is 36.6 Å². The number of ketones is 1. The first kappa shape index (κ1) is 10.2. The Labute approximate surface area is 131 Å². The van der Waals surface area contributed by atoms with Gasteiger partial charge >= 0.3 is 0 Å². The molecular weight excluding hydrogens is 266 g/mol. The molecule has 21 heavy (non-hydrogen) atoms. The molecule has 0 radical (unpaired) electrons. The van der Waals surface area contributed by atoms with E-state index in [-0.39, 0.29) is 6.42 Å². The molecule has 2 fully saturated rings. The quantitative estimate of drug-likeness (QED) is 0.858. The van der Waals surface area contributed by atoms with E-state index in [1.807, 2.05) is 11.0 Å². The molecule has 0 amide bonds. The van der Waals surface area contributed by atoms with E-state index < -0.39 is 30.0 Å². The number of carbonyl (C=O) groups is 1. The third-order valence-corrected chi connectivity index (χ3v) is 4.67. The van der Waals surface area contributed by atoms with E-state index >= 15 is 0 Å². The van der Waals surface area contributed by atoms with Gasteiger partial charge in [-0.15, -0.1) is 0 Å². The first-order valence-electron chi connectivity index (χ1n) is 9.08. The van der Waals surface area contributed by atoms with Crippen LogP contribution >= 0.6 is 0 Å². The van der Waals surface area contributed by atoms with Crippen molar-refractivity contribution >= 4 is 5.78 Å². The lowest BCUT2D eigenvalue weighted by molar-refractivity contribution is -0.122. The Morgan fingerprint density at radius 2 is 2.05 bits per heavy atom. The van der Waals surface area contributed by atoms with Gasteiger partial charge in [0, 0.05) is 29.7 Å². The molecule has 0 bridgehead atoms. The molecule has 0 N–H and O–H groups in total. The molecule has 0 unspecified atom stereocenters. The highest BCUT2D eigenvalue weighted by Crippen LogP contribution is 2.48. The molecule has 114 valence electrons. The highest BCUT2D eigenvalue weighted by Gasteiger charge is 2.50. The first-order chi connectivity index (χ1) is 11.6. The molecule has 1 saturated carbocycles. The maximum absolute atomic E-state index is 12.4. The minimum atomic E-state index is -2.26. The molecule has 3 rings (SSSR count). The van der Waals surface area contributed by atoms with Crippen LogP contribution in [0.15, 0.2) is 18.2 Å². The van der Waals surface area contributed by atoms with E-state index in [2.05, 4.69) is 0 Å². The number of ether oxygens (including phenoxy) is 2. The molecule has 2 atom stereocenters. The second kappa shape index (κ2) is 5.34. The Morgan fingerprint density at radius 1 is 1.29 bits per heavy atom. The minimum absolute atomic E-state index is 0.0389. The van der Waals surface area contributed by atoms with E-state index in [4.69, 9.17) is 15.0 Å². The lowest BCUT2D eigenvalue weighted by Crippen LogP contribution is -2.46. The Hall–Kier alpha value is -1.55. The van der Waals surface area contributed by atoms with Gasteiger partial charge in [0.15, 0.2) is 11.5 Å². The number of carbonyl (C=O) groups excluding carboxylic acids is 1. The van der Waals surface area contributed by atoms with Crippen molar-refractivity contribution in [2.75, 3.05) is 27.8 Å². The molecule has 1 heterocycles. The number of likely N-dealkylation sites (N-methyl/N-ethyl adjacent to an activating group) is 1. The van der Waals surface area contributed by atoms with Crippen LogP contribution in [0.2, 0.25) is 0 Å². The molecule has 0 aromatic heterocycles. The Morgan fingerprint density at radius 3 is 2.76 bits per heavy atom. The second-order valence-corrected chi connectivity index (χ2v) is 5.69. The fraction of sp³-hybridized carbons (Fsp3) is 0.588. The average molecular weight is 293 g/mol. The van der Waals surface area contributed by atoms with Crippen LogP contribution in [0.25, 0.3) is 0 Å². The summed E-state index contributed by atoms with van der Waals surface area (Å²) in [5.74, 6) is 0.110. The van der Waals surface area contributed by atoms with Crippen molar-refractivity contribution < 1.29 is 19.8 Å². The van der Waals surface area contributed by atoms with Crippen LogP contribution in [-0.2, 0) is 10.2 Å². The molecule has 1 aromatic rings. The van der Waals surface area contributed by atoms with E-state index in [0.717, 1.165) is 5.56 Å². The minimum Gasteiger partial charge on any atom is -0.493 e. The number of Topliss-reactive ketones (excluding diaryl/α,β-unsaturated/α-hetero) is 1. The molecule has 1 saturated heterocycles. The summed E-state index contributed by atoms with van der Waals surface area (Å²) < 4.78 is 43.7. The van der Waals surface area contributed by atoms with Gasteiger partial charge in [-0.2, -0.15) is 0 Å². The Bertz CT molecular complexity index is 709. The van der Waals surface area contributed by atoms with Crippen molar-refractivity contribution in [3.63, 3.8) is 0 Å². The maximum atomic E-state index is 12.4. The van der Waals surface area contributed by atoms with Gasteiger partial charge in [-0.05, 0) is 44.1 Å². The number of fused-ring (bicyclic) bond motifs is 1. The summed E-state index contributed by atoms with van der Waals surface area (Å²) in [5.41, 5.74) is -0.0189. The highest BCUT2D eigenvalue weighted by atomic mass is 16.5. The smallest absolute Gasteiger partial charge is 0.161 e. The summed E-state index contributed by atoms with van der Waals surface area (Å²) >= 11 is 0. The van der Waals surface area contributed by atoms with Crippen molar-refractivity contribution in [2.24, 2.45) is 0 Å². The maximum Gasteiger partial charge on any atom is 0.161 e. The zero-order valence-corrected chi connectivity index (χ0v) is 12.6. The fourth-order valence-electron chi connectivity index (χ4n) is 3.46. The molecule has 1 aromatic carbocycles. The summed E-state index contributed by atoms with van der Waals surface area (Å²) in [5, 5.41) is 0. The second-order valence-electron chi connectivity index (χ2n) is 5.69. The van der Waals surface area contributed by atoms with Crippen LogP contribution in [-0.4, -0.2) is 44.5 Å². The lowest BCUT2D eigenvalue weighted by atomic mass is 9.66. The van der Waals surface area contributed by atoms with E-state index in [9.17, 15) is 4.79 Å². The van der Waals surface area contributed by atoms with Gasteiger partial charge in [0.1, 0.15) is 5.78 Å². The number of methoxy groups -OCH3 is 2.